The number of rotatable bonds is 7. The average Bonchev–Trinajstić information content (AvgIpc) is 2.66. The highest BCUT2D eigenvalue weighted by molar-refractivity contribution is 14.0. The molecule has 1 aliphatic heterocycles. The summed E-state index contributed by atoms with van der Waals surface area (Å²) in [6, 6.07) is 10.4. The van der Waals surface area contributed by atoms with Crippen LogP contribution in [0.4, 0.5) is 5.69 Å². The molecule has 0 saturated carbocycles. The van der Waals surface area contributed by atoms with Crippen LogP contribution in [0.1, 0.15) is 27.2 Å². The van der Waals surface area contributed by atoms with Crippen molar-refractivity contribution in [1.82, 2.24) is 15.5 Å². The number of amides is 1. The number of piperazine rings is 1. The first-order chi connectivity index (χ1) is 12.6. The van der Waals surface area contributed by atoms with E-state index in [1.54, 1.807) is 0 Å². The number of benzene rings is 1. The molecule has 0 aliphatic carbocycles. The first-order valence-electron chi connectivity index (χ1n) is 9.70. The second kappa shape index (κ2) is 12.8. The normalized spacial score (nSPS) is 14.7. The lowest BCUT2D eigenvalue weighted by atomic mass is 10.2. The maximum absolute atomic E-state index is 12.5. The minimum absolute atomic E-state index is 0. The Morgan fingerprint density at radius 1 is 1.11 bits per heavy atom. The highest BCUT2D eigenvalue weighted by Crippen LogP contribution is 2.15. The molecule has 1 fully saturated rings. The van der Waals surface area contributed by atoms with Crippen LogP contribution in [0.3, 0.4) is 0 Å². The summed E-state index contributed by atoms with van der Waals surface area (Å²) in [5, 5.41) is 6.48. The zero-order valence-corrected chi connectivity index (χ0v) is 19.1. The summed E-state index contributed by atoms with van der Waals surface area (Å²) in [6.07, 6.45) is 0.497. The molecule has 1 aromatic carbocycles. The number of anilines is 1. The van der Waals surface area contributed by atoms with Gasteiger partial charge in [0, 0.05) is 57.9 Å². The van der Waals surface area contributed by atoms with Gasteiger partial charge in [-0.3, -0.25) is 9.79 Å². The molecule has 6 nitrogen and oxygen atoms in total. The third-order valence-electron chi connectivity index (χ3n) is 4.34. The number of para-hydroxylation sites is 1. The van der Waals surface area contributed by atoms with Crippen molar-refractivity contribution in [1.29, 1.82) is 0 Å². The van der Waals surface area contributed by atoms with Gasteiger partial charge in [-0.25, -0.2) is 0 Å². The predicted octanol–water partition coefficient (Wildman–Crippen LogP) is 2.55. The number of halogens is 1. The second-order valence-corrected chi connectivity index (χ2v) is 6.99. The van der Waals surface area contributed by atoms with Crippen molar-refractivity contribution in [2.24, 2.45) is 10.9 Å². The van der Waals surface area contributed by atoms with E-state index in [-0.39, 0.29) is 29.9 Å². The van der Waals surface area contributed by atoms with E-state index in [9.17, 15) is 4.79 Å². The van der Waals surface area contributed by atoms with Gasteiger partial charge in [0.2, 0.25) is 5.91 Å². The van der Waals surface area contributed by atoms with Gasteiger partial charge in [-0.2, -0.15) is 0 Å². The Labute approximate surface area is 180 Å². The predicted molar refractivity (Wildman–Crippen MR) is 124 cm³/mol. The third kappa shape index (κ3) is 8.36. The fourth-order valence-corrected chi connectivity index (χ4v) is 2.91. The highest BCUT2D eigenvalue weighted by Gasteiger charge is 2.20. The van der Waals surface area contributed by atoms with Crippen molar-refractivity contribution < 1.29 is 4.79 Å². The third-order valence-corrected chi connectivity index (χ3v) is 4.34. The van der Waals surface area contributed by atoms with Gasteiger partial charge in [0.05, 0.1) is 0 Å². The molecule has 1 amide bonds. The number of nitrogens with one attached hydrogen (secondary N) is 2. The number of hydrogen-bond acceptors (Lipinski definition) is 3. The van der Waals surface area contributed by atoms with Crippen molar-refractivity contribution in [2.75, 3.05) is 50.7 Å². The SMILES string of the molecule is CCNC(=NCC(C)C)NCCC(=O)N1CCN(c2ccccc2)CC1.I. The summed E-state index contributed by atoms with van der Waals surface area (Å²) in [6.45, 7) is 11.9. The maximum Gasteiger partial charge on any atom is 0.224 e. The molecule has 152 valence electrons. The Balaban J connectivity index is 0.00000364. The molecule has 0 unspecified atom stereocenters. The molecule has 1 aromatic rings. The van der Waals surface area contributed by atoms with Gasteiger partial charge in [0.25, 0.3) is 0 Å². The average molecular weight is 487 g/mol. The summed E-state index contributed by atoms with van der Waals surface area (Å²) >= 11 is 0. The molecule has 27 heavy (non-hydrogen) atoms. The number of hydrogen-bond donors (Lipinski definition) is 2. The quantitative estimate of drug-likeness (QED) is 0.353. The lowest BCUT2D eigenvalue weighted by molar-refractivity contribution is -0.131. The Morgan fingerprint density at radius 2 is 1.78 bits per heavy atom. The van der Waals surface area contributed by atoms with Crippen LogP contribution in [0.25, 0.3) is 0 Å². The molecule has 0 radical (unpaired) electrons. The topological polar surface area (TPSA) is 60.0 Å². The molecule has 0 spiro atoms. The van der Waals surface area contributed by atoms with E-state index in [0.29, 0.717) is 18.9 Å². The number of guanidine groups is 1. The van der Waals surface area contributed by atoms with Crippen LogP contribution in [0, 0.1) is 5.92 Å². The summed E-state index contributed by atoms with van der Waals surface area (Å²) in [7, 11) is 0. The van der Waals surface area contributed by atoms with Crippen molar-refractivity contribution in [3.05, 3.63) is 30.3 Å². The second-order valence-electron chi connectivity index (χ2n) is 6.99. The minimum Gasteiger partial charge on any atom is -0.368 e. The Kier molecular flexibility index (Phi) is 11.2. The van der Waals surface area contributed by atoms with Crippen LogP contribution in [0.15, 0.2) is 35.3 Å². The van der Waals surface area contributed by atoms with E-state index < -0.39 is 0 Å². The molecular weight excluding hydrogens is 453 g/mol. The van der Waals surface area contributed by atoms with Crippen molar-refractivity contribution in [2.45, 2.75) is 27.2 Å². The van der Waals surface area contributed by atoms with E-state index in [4.69, 9.17) is 0 Å². The standard InChI is InChI=1S/C20H33N5O.HI/c1-4-21-20(23-16-17(2)3)22-11-10-19(26)25-14-12-24(13-15-25)18-8-6-5-7-9-18;/h5-9,17H,4,10-16H2,1-3H3,(H2,21,22,23);1H. The number of carbonyl (C=O) groups is 1. The van der Waals surface area contributed by atoms with E-state index >= 15 is 0 Å². The number of carbonyl (C=O) groups excluding carboxylic acids is 1. The van der Waals surface area contributed by atoms with E-state index in [0.717, 1.165) is 45.2 Å². The molecule has 0 bridgehead atoms. The molecular formula is C20H34IN5O. The fourth-order valence-electron chi connectivity index (χ4n) is 2.91. The molecule has 1 saturated heterocycles. The van der Waals surface area contributed by atoms with Crippen LogP contribution in [0.5, 0.6) is 0 Å². The molecule has 1 heterocycles. The molecule has 2 N–H and O–H groups in total. The summed E-state index contributed by atoms with van der Waals surface area (Å²) in [4.78, 5) is 21.3. The first kappa shape index (κ1) is 23.5. The van der Waals surface area contributed by atoms with Crippen LogP contribution >= 0.6 is 24.0 Å². The summed E-state index contributed by atoms with van der Waals surface area (Å²) in [5.41, 5.74) is 1.23. The lowest BCUT2D eigenvalue weighted by Crippen LogP contribution is -2.49. The van der Waals surface area contributed by atoms with E-state index in [2.05, 4.69) is 58.6 Å². The zero-order valence-electron chi connectivity index (χ0n) is 16.8. The van der Waals surface area contributed by atoms with E-state index in [1.165, 1.54) is 5.69 Å². The minimum atomic E-state index is 0. The molecule has 1 aliphatic rings. The molecule has 7 heteroatoms. The highest BCUT2D eigenvalue weighted by atomic mass is 127. The molecule has 0 atom stereocenters. The van der Waals surface area contributed by atoms with Gasteiger partial charge in [-0.15, -0.1) is 24.0 Å². The Bertz CT molecular complexity index is 571. The monoisotopic (exact) mass is 487 g/mol. The van der Waals surface area contributed by atoms with Crippen LogP contribution in [-0.2, 0) is 4.79 Å². The molecule has 0 aromatic heterocycles. The first-order valence-corrected chi connectivity index (χ1v) is 9.70. The Hall–Kier alpha value is -1.51. The van der Waals surface area contributed by atoms with Crippen molar-refractivity contribution in [3.8, 4) is 0 Å². The summed E-state index contributed by atoms with van der Waals surface area (Å²) in [5.74, 6) is 1.53. The lowest BCUT2D eigenvalue weighted by Gasteiger charge is -2.36. The number of nitrogens with zero attached hydrogens (tertiary/aromatic N) is 3. The van der Waals surface area contributed by atoms with Gasteiger partial charge in [0.15, 0.2) is 5.96 Å². The van der Waals surface area contributed by atoms with Gasteiger partial charge in [-0.1, -0.05) is 32.0 Å². The smallest absolute Gasteiger partial charge is 0.224 e. The summed E-state index contributed by atoms with van der Waals surface area (Å²) < 4.78 is 0. The van der Waals surface area contributed by atoms with Crippen LogP contribution < -0.4 is 15.5 Å². The Morgan fingerprint density at radius 3 is 2.37 bits per heavy atom. The maximum atomic E-state index is 12.5. The fraction of sp³-hybridized carbons (Fsp3) is 0.600. The van der Waals surface area contributed by atoms with Gasteiger partial charge in [-0.05, 0) is 25.0 Å². The van der Waals surface area contributed by atoms with Crippen LogP contribution in [0.2, 0.25) is 0 Å². The van der Waals surface area contributed by atoms with Gasteiger partial charge < -0.3 is 20.4 Å². The van der Waals surface area contributed by atoms with Crippen LogP contribution in [-0.4, -0.2) is 62.6 Å². The number of aliphatic imine (C=N–C) groups is 1. The van der Waals surface area contributed by atoms with Crippen molar-refractivity contribution >= 4 is 41.5 Å². The van der Waals surface area contributed by atoms with E-state index in [1.807, 2.05) is 17.9 Å². The zero-order chi connectivity index (χ0) is 18.8. The molecule has 2 rings (SSSR count). The van der Waals surface area contributed by atoms with Crippen molar-refractivity contribution in [3.63, 3.8) is 0 Å². The van der Waals surface area contributed by atoms with Gasteiger partial charge >= 0.3 is 0 Å². The van der Waals surface area contributed by atoms with Gasteiger partial charge in [0.1, 0.15) is 0 Å². The largest absolute Gasteiger partial charge is 0.368 e.